The van der Waals surface area contributed by atoms with Crippen molar-refractivity contribution in [1.82, 2.24) is 24.5 Å². The predicted molar refractivity (Wildman–Crippen MR) is 88.6 cm³/mol. The molecule has 0 bridgehead atoms. The average molecular weight is 426 g/mol. The lowest BCUT2D eigenvalue weighted by Gasteiger charge is -2.08. The molecule has 0 saturated carbocycles. The maximum absolute atomic E-state index is 12.8. The predicted octanol–water partition coefficient (Wildman–Crippen LogP) is 2.63. The largest absolute Gasteiger partial charge is 0.368 e. The summed E-state index contributed by atoms with van der Waals surface area (Å²) in [5.74, 6) is -0.269. The van der Waals surface area contributed by atoms with Crippen molar-refractivity contribution in [2.45, 2.75) is 13.8 Å². The SMILES string of the molecule is Cc1cnc(C(=O)n2cnc3c(Br)nc(N)nc32)c(C)c1Br. The van der Waals surface area contributed by atoms with Crippen LogP contribution in [0.5, 0.6) is 0 Å². The summed E-state index contributed by atoms with van der Waals surface area (Å²) in [6, 6.07) is 0. The van der Waals surface area contributed by atoms with E-state index in [1.165, 1.54) is 10.9 Å². The quantitative estimate of drug-likeness (QED) is 0.601. The molecule has 0 amide bonds. The van der Waals surface area contributed by atoms with Gasteiger partial charge in [-0.15, -0.1) is 0 Å². The summed E-state index contributed by atoms with van der Waals surface area (Å²) in [6.07, 6.45) is 3.03. The van der Waals surface area contributed by atoms with Crippen molar-refractivity contribution < 1.29 is 4.79 Å². The van der Waals surface area contributed by atoms with Gasteiger partial charge in [0.1, 0.15) is 22.1 Å². The molecule has 22 heavy (non-hydrogen) atoms. The first-order valence-corrected chi connectivity index (χ1v) is 7.81. The molecule has 2 N–H and O–H groups in total. The number of aryl methyl sites for hydroxylation is 1. The molecule has 0 atom stereocenters. The lowest BCUT2D eigenvalue weighted by molar-refractivity contribution is 0.0958. The van der Waals surface area contributed by atoms with Crippen LogP contribution in [0, 0.1) is 13.8 Å². The lowest BCUT2D eigenvalue weighted by Crippen LogP contribution is -2.16. The van der Waals surface area contributed by atoms with Crippen LogP contribution >= 0.6 is 31.9 Å². The third kappa shape index (κ3) is 2.30. The van der Waals surface area contributed by atoms with Gasteiger partial charge in [0.2, 0.25) is 5.95 Å². The van der Waals surface area contributed by atoms with E-state index < -0.39 is 0 Å². The molecule has 0 aliphatic heterocycles. The van der Waals surface area contributed by atoms with Gasteiger partial charge >= 0.3 is 0 Å². The van der Waals surface area contributed by atoms with Gasteiger partial charge in [-0.2, -0.15) is 4.98 Å². The Morgan fingerprint density at radius 2 is 1.95 bits per heavy atom. The maximum atomic E-state index is 12.8. The van der Waals surface area contributed by atoms with E-state index in [0.717, 1.165) is 15.6 Å². The Morgan fingerprint density at radius 3 is 2.68 bits per heavy atom. The first-order valence-electron chi connectivity index (χ1n) is 6.22. The van der Waals surface area contributed by atoms with Gasteiger partial charge < -0.3 is 5.73 Å². The summed E-state index contributed by atoms with van der Waals surface area (Å²) in [4.78, 5) is 29.2. The normalized spacial score (nSPS) is 11.1. The van der Waals surface area contributed by atoms with E-state index >= 15 is 0 Å². The summed E-state index contributed by atoms with van der Waals surface area (Å²) < 4.78 is 2.61. The number of fused-ring (bicyclic) bond motifs is 1. The molecule has 112 valence electrons. The van der Waals surface area contributed by atoms with Gasteiger partial charge in [-0.05, 0) is 40.9 Å². The van der Waals surface area contributed by atoms with Crippen molar-refractivity contribution >= 4 is 54.9 Å². The summed E-state index contributed by atoms with van der Waals surface area (Å²) >= 11 is 6.72. The number of rotatable bonds is 1. The summed E-state index contributed by atoms with van der Waals surface area (Å²) in [6.45, 7) is 3.74. The Labute approximate surface area is 142 Å². The molecule has 3 rings (SSSR count). The number of anilines is 1. The molecule has 3 heterocycles. The third-order valence-corrected chi connectivity index (χ3v) is 4.98. The number of pyridine rings is 1. The van der Waals surface area contributed by atoms with Crippen LogP contribution in [0.1, 0.15) is 21.6 Å². The molecule has 9 heteroatoms. The highest BCUT2D eigenvalue weighted by Crippen LogP contribution is 2.25. The van der Waals surface area contributed by atoms with Crippen LogP contribution in [-0.4, -0.2) is 30.4 Å². The molecule has 3 aromatic rings. The molecule has 0 fully saturated rings. The van der Waals surface area contributed by atoms with Gasteiger partial charge in [0.05, 0.1) is 0 Å². The van der Waals surface area contributed by atoms with Gasteiger partial charge in [0.15, 0.2) is 5.65 Å². The zero-order valence-corrected chi connectivity index (χ0v) is 14.8. The van der Waals surface area contributed by atoms with Crippen LogP contribution in [0.4, 0.5) is 5.95 Å². The molecular formula is C13H10Br2N6O. The van der Waals surface area contributed by atoms with E-state index in [9.17, 15) is 4.79 Å². The third-order valence-electron chi connectivity index (χ3n) is 3.21. The van der Waals surface area contributed by atoms with Crippen molar-refractivity contribution in [2.75, 3.05) is 5.73 Å². The first kappa shape index (κ1) is 15.0. The van der Waals surface area contributed by atoms with Crippen molar-refractivity contribution in [1.29, 1.82) is 0 Å². The zero-order chi connectivity index (χ0) is 16.0. The Kier molecular flexibility index (Phi) is 3.69. The highest BCUT2D eigenvalue weighted by atomic mass is 79.9. The summed E-state index contributed by atoms with van der Waals surface area (Å²) in [5, 5.41) is 0. The van der Waals surface area contributed by atoms with Crippen molar-refractivity contribution in [3.05, 3.63) is 38.4 Å². The smallest absolute Gasteiger partial charge is 0.283 e. The van der Waals surface area contributed by atoms with Crippen molar-refractivity contribution in [3.8, 4) is 0 Å². The molecule has 0 radical (unpaired) electrons. The number of nitrogens with zero attached hydrogens (tertiary/aromatic N) is 5. The minimum atomic E-state index is -0.328. The highest BCUT2D eigenvalue weighted by Gasteiger charge is 2.20. The average Bonchev–Trinajstić information content (AvgIpc) is 2.88. The second-order valence-electron chi connectivity index (χ2n) is 4.69. The number of nitrogens with two attached hydrogens (primary N) is 1. The molecule has 7 nitrogen and oxygen atoms in total. The summed E-state index contributed by atoms with van der Waals surface area (Å²) in [5.41, 5.74) is 8.48. The van der Waals surface area contributed by atoms with Gasteiger partial charge in [0.25, 0.3) is 5.91 Å². The van der Waals surface area contributed by atoms with E-state index in [2.05, 4.69) is 51.8 Å². The minimum Gasteiger partial charge on any atom is -0.368 e. The van der Waals surface area contributed by atoms with Gasteiger partial charge in [-0.3, -0.25) is 9.78 Å². The Morgan fingerprint density at radius 1 is 1.23 bits per heavy atom. The standard InChI is InChI=1S/C13H10Br2N6O/c1-5-3-17-8(6(2)7(5)14)12(22)21-4-18-9-10(15)19-13(16)20-11(9)21/h3-4H,1-2H3,(H2,16,19,20). The van der Waals surface area contributed by atoms with E-state index in [-0.39, 0.29) is 11.9 Å². The van der Waals surface area contributed by atoms with Crippen molar-refractivity contribution in [2.24, 2.45) is 0 Å². The minimum absolute atomic E-state index is 0.0590. The van der Waals surface area contributed by atoms with Gasteiger partial charge in [-0.25, -0.2) is 14.5 Å². The van der Waals surface area contributed by atoms with Crippen LogP contribution in [0.2, 0.25) is 0 Å². The van der Waals surface area contributed by atoms with Crippen LogP contribution < -0.4 is 5.73 Å². The van der Waals surface area contributed by atoms with E-state index in [0.29, 0.717) is 21.5 Å². The Bertz CT molecular complexity index is 921. The fraction of sp³-hybridized carbons (Fsp3) is 0.154. The Hall–Kier alpha value is -1.87. The first-order chi connectivity index (χ1) is 10.4. The second-order valence-corrected chi connectivity index (χ2v) is 6.24. The zero-order valence-electron chi connectivity index (χ0n) is 11.6. The molecule has 3 aromatic heterocycles. The maximum Gasteiger partial charge on any atom is 0.283 e. The van der Waals surface area contributed by atoms with E-state index in [4.69, 9.17) is 5.73 Å². The van der Waals surface area contributed by atoms with Crippen molar-refractivity contribution in [3.63, 3.8) is 0 Å². The fourth-order valence-electron chi connectivity index (χ4n) is 2.07. The second kappa shape index (κ2) is 5.40. The number of hydrogen-bond donors (Lipinski definition) is 1. The van der Waals surface area contributed by atoms with Crippen LogP contribution in [0.3, 0.4) is 0 Å². The molecular weight excluding hydrogens is 416 g/mol. The number of carbonyl (C=O) groups excluding carboxylic acids is 1. The van der Waals surface area contributed by atoms with Gasteiger partial charge in [0, 0.05) is 10.7 Å². The highest BCUT2D eigenvalue weighted by molar-refractivity contribution is 9.10. The van der Waals surface area contributed by atoms with Crippen LogP contribution in [0.15, 0.2) is 21.6 Å². The number of carbonyl (C=O) groups is 1. The molecule has 0 spiro atoms. The van der Waals surface area contributed by atoms with Crippen LogP contribution in [-0.2, 0) is 0 Å². The number of hydrogen-bond acceptors (Lipinski definition) is 6. The molecule has 0 aliphatic rings. The number of halogens is 2. The lowest BCUT2D eigenvalue weighted by atomic mass is 10.1. The van der Waals surface area contributed by atoms with Crippen LogP contribution in [0.25, 0.3) is 11.2 Å². The van der Waals surface area contributed by atoms with Gasteiger partial charge in [-0.1, -0.05) is 15.9 Å². The topological polar surface area (TPSA) is 99.6 Å². The molecule has 0 saturated heterocycles. The monoisotopic (exact) mass is 424 g/mol. The van der Waals surface area contributed by atoms with E-state index in [1.807, 2.05) is 13.8 Å². The molecule has 0 aliphatic carbocycles. The number of aromatic nitrogens is 5. The Balaban J connectivity index is 2.20. The molecule has 0 unspecified atom stereocenters. The number of imidazole rings is 1. The number of nitrogen functional groups attached to an aromatic ring is 1. The summed E-state index contributed by atoms with van der Waals surface area (Å²) in [7, 11) is 0. The fourth-order valence-corrected chi connectivity index (χ4v) is 2.83. The molecule has 0 aromatic carbocycles. The van der Waals surface area contributed by atoms with E-state index in [1.54, 1.807) is 6.20 Å².